The summed E-state index contributed by atoms with van der Waals surface area (Å²) in [5.41, 5.74) is 5.95. The van der Waals surface area contributed by atoms with Crippen LogP contribution in [0.1, 0.15) is 26.3 Å². The van der Waals surface area contributed by atoms with Gasteiger partial charge in [0.2, 0.25) is 0 Å². The molecule has 4 nitrogen and oxygen atoms in total. The van der Waals surface area contributed by atoms with Gasteiger partial charge in [-0.15, -0.1) is 11.8 Å². The molecule has 0 fully saturated rings. The summed E-state index contributed by atoms with van der Waals surface area (Å²) in [5.74, 6) is 0. The fourth-order valence-corrected chi connectivity index (χ4v) is 1.67. The predicted octanol–water partition coefficient (Wildman–Crippen LogP) is 2.94. The summed E-state index contributed by atoms with van der Waals surface area (Å²) in [6.07, 6.45) is 1.57. The van der Waals surface area contributed by atoms with Crippen molar-refractivity contribution in [3.05, 3.63) is 29.8 Å². The van der Waals surface area contributed by atoms with Gasteiger partial charge in [0.25, 0.3) is 0 Å². The quantitative estimate of drug-likeness (QED) is 0.651. The second-order valence-electron chi connectivity index (χ2n) is 4.83. The molecule has 1 aromatic carbocycles. The minimum atomic E-state index is -0.480. The van der Waals surface area contributed by atoms with Gasteiger partial charge in [-0.25, -0.2) is 10.2 Å². The first-order valence-electron chi connectivity index (χ1n) is 5.75. The van der Waals surface area contributed by atoms with Crippen LogP contribution in [0.5, 0.6) is 0 Å². The number of carbonyl (C=O) groups is 1. The molecule has 100 valence electrons. The highest BCUT2D eigenvalue weighted by molar-refractivity contribution is 7.98. The Balaban J connectivity index is 2.30. The Morgan fingerprint density at radius 3 is 2.39 bits per heavy atom. The fourth-order valence-electron chi connectivity index (χ4n) is 1.27. The third-order valence-corrected chi connectivity index (χ3v) is 2.78. The summed E-state index contributed by atoms with van der Waals surface area (Å²) in [4.78, 5) is 12.6. The molecule has 0 aliphatic carbocycles. The van der Waals surface area contributed by atoms with Crippen molar-refractivity contribution in [3.8, 4) is 0 Å². The van der Waals surface area contributed by atoms with Crippen molar-refractivity contribution in [3.63, 3.8) is 0 Å². The van der Waals surface area contributed by atoms with Crippen LogP contribution in [0, 0.1) is 0 Å². The summed E-state index contributed by atoms with van der Waals surface area (Å²) in [6.45, 7) is 6.04. The number of carbonyl (C=O) groups excluding carboxylic acids is 1. The van der Waals surface area contributed by atoms with Crippen LogP contribution in [0.4, 0.5) is 4.79 Å². The second kappa shape index (κ2) is 6.66. The zero-order valence-electron chi connectivity index (χ0n) is 11.2. The third-order valence-electron chi connectivity index (χ3n) is 2.04. The molecule has 0 bridgehead atoms. The number of hydrogen-bond donors (Lipinski definition) is 2. The largest absolute Gasteiger partial charge is 0.443 e. The number of rotatable bonds is 4. The molecular formula is C13H20N2O2S. The lowest BCUT2D eigenvalue weighted by molar-refractivity contribution is 0.0497. The van der Waals surface area contributed by atoms with E-state index in [1.165, 1.54) is 4.90 Å². The second-order valence-corrected chi connectivity index (χ2v) is 5.71. The molecule has 1 aromatic rings. The molecule has 5 heteroatoms. The van der Waals surface area contributed by atoms with Gasteiger partial charge in [0.15, 0.2) is 0 Å². The lowest BCUT2D eigenvalue weighted by Crippen LogP contribution is -2.40. The average Bonchev–Trinajstić information content (AvgIpc) is 2.27. The number of thioether (sulfide) groups is 1. The SMILES string of the molecule is CSc1ccc(CNNC(=O)OC(C)(C)C)cc1. The normalized spacial score (nSPS) is 11.1. The maximum Gasteiger partial charge on any atom is 0.422 e. The topological polar surface area (TPSA) is 50.4 Å². The van der Waals surface area contributed by atoms with E-state index >= 15 is 0 Å². The molecule has 0 aliphatic rings. The molecule has 0 radical (unpaired) electrons. The van der Waals surface area contributed by atoms with Crippen LogP contribution in [0.2, 0.25) is 0 Å². The molecule has 0 heterocycles. The zero-order chi connectivity index (χ0) is 13.6. The minimum Gasteiger partial charge on any atom is -0.443 e. The summed E-state index contributed by atoms with van der Waals surface area (Å²) in [5, 5.41) is 0. The van der Waals surface area contributed by atoms with Gasteiger partial charge >= 0.3 is 6.09 Å². The van der Waals surface area contributed by atoms with Gasteiger partial charge in [-0.3, -0.25) is 5.43 Å². The van der Waals surface area contributed by atoms with E-state index in [9.17, 15) is 4.79 Å². The summed E-state index contributed by atoms with van der Waals surface area (Å²) >= 11 is 1.70. The number of nitrogens with one attached hydrogen (secondary N) is 2. The van der Waals surface area contributed by atoms with Crippen molar-refractivity contribution in [1.82, 2.24) is 10.9 Å². The van der Waals surface area contributed by atoms with Gasteiger partial charge in [-0.2, -0.15) is 0 Å². The van der Waals surface area contributed by atoms with E-state index in [-0.39, 0.29) is 0 Å². The Labute approximate surface area is 112 Å². The van der Waals surface area contributed by atoms with Crippen LogP contribution < -0.4 is 10.9 Å². The molecule has 0 saturated heterocycles. The third kappa shape index (κ3) is 5.93. The molecule has 1 rings (SSSR count). The van der Waals surface area contributed by atoms with Gasteiger partial charge in [0.1, 0.15) is 5.60 Å². The number of amides is 1. The first-order valence-corrected chi connectivity index (χ1v) is 6.98. The molecule has 0 unspecified atom stereocenters. The molecule has 0 atom stereocenters. The van der Waals surface area contributed by atoms with E-state index in [4.69, 9.17) is 4.74 Å². The number of hydrogen-bond acceptors (Lipinski definition) is 4. The van der Waals surface area contributed by atoms with Gasteiger partial charge in [0, 0.05) is 11.4 Å². The molecule has 0 aromatic heterocycles. The van der Waals surface area contributed by atoms with Crippen molar-refractivity contribution in [1.29, 1.82) is 0 Å². The molecule has 1 amide bonds. The predicted molar refractivity (Wildman–Crippen MR) is 74.4 cm³/mol. The van der Waals surface area contributed by atoms with Crippen LogP contribution >= 0.6 is 11.8 Å². The molecular weight excluding hydrogens is 248 g/mol. The smallest absolute Gasteiger partial charge is 0.422 e. The molecule has 0 aliphatic heterocycles. The Morgan fingerprint density at radius 2 is 1.89 bits per heavy atom. The Hall–Kier alpha value is -1.20. The van der Waals surface area contributed by atoms with E-state index in [2.05, 4.69) is 23.0 Å². The Morgan fingerprint density at radius 1 is 1.28 bits per heavy atom. The fraction of sp³-hybridized carbons (Fsp3) is 0.462. The van der Waals surface area contributed by atoms with E-state index in [0.29, 0.717) is 6.54 Å². The molecule has 0 saturated carbocycles. The van der Waals surface area contributed by atoms with Crippen molar-refractivity contribution >= 4 is 17.9 Å². The minimum absolute atomic E-state index is 0.469. The number of ether oxygens (including phenoxy) is 1. The Kier molecular flexibility index (Phi) is 5.50. The van der Waals surface area contributed by atoms with Gasteiger partial charge in [-0.1, -0.05) is 12.1 Å². The average molecular weight is 268 g/mol. The zero-order valence-corrected chi connectivity index (χ0v) is 12.1. The first kappa shape index (κ1) is 14.9. The summed E-state index contributed by atoms with van der Waals surface area (Å²) < 4.78 is 5.10. The molecule has 0 spiro atoms. The van der Waals surface area contributed by atoms with Crippen molar-refractivity contribution in [2.45, 2.75) is 37.8 Å². The van der Waals surface area contributed by atoms with Crippen LogP contribution in [-0.2, 0) is 11.3 Å². The Bertz CT molecular complexity index is 385. The van der Waals surface area contributed by atoms with Gasteiger partial charge in [-0.05, 0) is 44.7 Å². The van der Waals surface area contributed by atoms with Crippen molar-refractivity contribution < 1.29 is 9.53 Å². The van der Waals surface area contributed by atoms with Crippen LogP contribution in [0.25, 0.3) is 0 Å². The van der Waals surface area contributed by atoms with Crippen molar-refractivity contribution in [2.75, 3.05) is 6.26 Å². The lowest BCUT2D eigenvalue weighted by atomic mass is 10.2. The molecule has 2 N–H and O–H groups in total. The van der Waals surface area contributed by atoms with Gasteiger partial charge < -0.3 is 4.74 Å². The van der Waals surface area contributed by atoms with Crippen LogP contribution in [-0.4, -0.2) is 18.0 Å². The standard InChI is InChI=1S/C13H20N2O2S/c1-13(2,3)17-12(16)15-14-9-10-5-7-11(18-4)8-6-10/h5-8,14H,9H2,1-4H3,(H,15,16). The van der Waals surface area contributed by atoms with E-state index in [1.807, 2.05) is 39.2 Å². The molecule has 18 heavy (non-hydrogen) atoms. The maximum atomic E-state index is 11.4. The van der Waals surface area contributed by atoms with E-state index in [0.717, 1.165) is 5.56 Å². The summed E-state index contributed by atoms with van der Waals surface area (Å²) in [6, 6.07) is 8.15. The van der Waals surface area contributed by atoms with Crippen molar-refractivity contribution in [2.24, 2.45) is 0 Å². The van der Waals surface area contributed by atoms with Crippen LogP contribution in [0.3, 0.4) is 0 Å². The van der Waals surface area contributed by atoms with Gasteiger partial charge in [0.05, 0.1) is 0 Å². The highest BCUT2D eigenvalue weighted by atomic mass is 32.2. The summed E-state index contributed by atoms with van der Waals surface area (Å²) in [7, 11) is 0. The maximum absolute atomic E-state index is 11.4. The van der Waals surface area contributed by atoms with Crippen LogP contribution in [0.15, 0.2) is 29.2 Å². The number of hydrazine groups is 1. The first-order chi connectivity index (χ1) is 8.40. The highest BCUT2D eigenvalue weighted by Gasteiger charge is 2.15. The number of benzene rings is 1. The lowest BCUT2D eigenvalue weighted by Gasteiger charge is -2.19. The highest BCUT2D eigenvalue weighted by Crippen LogP contribution is 2.14. The van der Waals surface area contributed by atoms with E-state index < -0.39 is 11.7 Å². The van der Waals surface area contributed by atoms with E-state index in [1.54, 1.807) is 11.8 Å². The monoisotopic (exact) mass is 268 g/mol.